The molecule has 0 aliphatic rings. The van der Waals surface area contributed by atoms with Crippen molar-refractivity contribution in [2.24, 2.45) is 5.92 Å². The largest absolute Gasteiger partial charge is 0.462 e. The van der Waals surface area contributed by atoms with Crippen LogP contribution in [0.1, 0.15) is 34.6 Å². The predicted octanol–water partition coefficient (Wildman–Crippen LogP) is 5.68. The van der Waals surface area contributed by atoms with Crippen LogP contribution in [0.2, 0.25) is 15.1 Å². The van der Waals surface area contributed by atoms with Crippen LogP contribution in [0.3, 0.4) is 0 Å². The third-order valence-corrected chi connectivity index (χ3v) is 3.82. The van der Waals surface area contributed by atoms with Crippen molar-refractivity contribution in [2.45, 2.75) is 13.8 Å². The number of hydrogen-bond acceptors (Lipinski definition) is 4. The number of ether oxygens (including phenoxy) is 2. The Morgan fingerprint density at radius 2 is 1.52 bits per heavy atom. The fraction of sp³-hybridized carbons (Fsp3) is 0.222. The summed E-state index contributed by atoms with van der Waals surface area (Å²) in [5.74, 6) is -0.993. The molecule has 0 aromatic heterocycles. The van der Waals surface area contributed by atoms with Gasteiger partial charge in [0.1, 0.15) is 0 Å². The van der Waals surface area contributed by atoms with Crippen molar-refractivity contribution in [2.75, 3.05) is 6.61 Å². The molecule has 0 bridgehead atoms. The van der Waals surface area contributed by atoms with Crippen molar-refractivity contribution in [3.63, 3.8) is 0 Å². The zero-order valence-corrected chi connectivity index (χ0v) is 15.8. The van der Waals surface area contributed by atoms with Gasteiger partial charge >= 0.3 is 11.9 Å². The first-order valence-electron chi connectivity index (χ1n) is 7.42. The van der Waals surface area contributed by atoms with Crippen LogP contribution in [0.25, 0.3) is 0 Å². The van der Waals surface area contributed by atoms with Crippen molar-refractivity contribution in [3.05, 3.63) is 62.6 Å². The van der Waals surface area contributed by atoms with Crippen LogP contribution in [-0.2, 0) is 4.74 Å². The second kappa shape index (κ2) is 8.56. The molecule has 0 radical (unpaired) electrons. The lowest BCUT2D eigenvalue weighted by atomic mass is 10.1. The summed E-state index contributed by atoms with van der Waals surface area (Å²) in [6, 6.07) is 8.85. The first kappa shape index (κ1) is 19.6. The lowest BCUT2D eigenvalue weighted by Gasteiger charge is -2.10. The van der Waals surface area contributed by atoms with E-state index in [0.29, 0.717) is 11.6 Å². The minimum absolute atomic E-state index is 0.00511. The van der Waals surface area contributed by atoms with E-state index >= 15 is 0 Å². The number of carbonyl (C=O) groups excluding carboxylic acids is 2. The molecule has 0 fully saturated rings. The van der Waals surface area contributed by atoms with E-state index in [1.54, 1.807) is 12.1 Å². The van der Waals surface area contributed by atoms with E-state index in [1.165, 1.54) is 24.3 Å². The summed E-state index contributed by atoms with van der Waals surface area (Å²) in [5, 5.41) is 0.543. The highest BCUT2D eigenvalue weighted by Crippen LogP contribution is 2.36. The van der Waals surface area contributed by atoms with E-state index in [-0.39, 0.29) is 32.8 Å². The molecule has 0 saturated heterocycles. The van der Waals surface area contributed by atoms with Gasteiger partial charge in [-0.1, -0.05) is 54.7 Å². The first-order chi connectivity index (χ1) is 11.8. The second-order valence-corrected chi connectivity index (χ2v) is 6.91. The van der Waals surface area contributed by atoms with E-state index in [2.05, 4.69) is 0 Å². The number of hydrogen-bond donors (Lipinski definition) is 0. The summed E-state index contributed by atoms with van der Waals surface area (Å²) in [7, 11) is 0. The average Bonchev–Trinajstić information content (AvgIpc) is 2.55. The molecule has 25 heavy (non-hydrogen) atoms. The smallest absolute Gasteiger partial charge is 0.343 e. The number of esters is 2. The van der Waals surface area contributed by atoms with E-state index in [0.717, 1.165) is 0 Å². The lowest BCUT2D eigenvalue weighted by molar-refractivity contribution is 0.0459. The van der Waals surface area contributed by atoms with Crippen molar-refractivity contribution in [1.29, 1.82) is 0 Å². The van der Waals surface area contributed by atoms with Gasteiger partial charge in [0, 0.05) is 5.02 Å². The Balaban J connectivity index is 2.18. The van der Waals surface area contributed by atoms with Crippen LogP contribution in [-0.4, -0.2) is 18.5 Å². The molecule has 0 unspecified atom stereocenters. The van der Waals surface area contributed by atoms with Crippen LogP contribution >= 0.6 is 34.8 Å². The molecule has 0 aliphatic carbocycles. The van der Waals surface area contributed by atoms with E-state index in [9.17, 15) is 9.59 Å². The molecule has 132 valence electrons. The molecule has 0 heterocycles. The van der Waals surface area contributed by atoms with Gasteiger partial charge in [0.2, 0.25) is 0 Å². The fourth-order valence-corrected chi connectivity index (χ4v) is 2.77. The zero-order chi connectivity index (χ0) is 18.6. The quantitative estimate of drug-likeness (QED) is 0.478. The van der Waals surface area contributed by atoms with Crippen molar-refractivity contribution in [1.82, 2.24) is 0 Å². The average molecular weight is 402 g/mol. The predicted molar refractivity (Wildman–Crippen MR) is 98.0 cm³/mol. The van der Waals surface area contributed by atoms with Gasteiger partial charge in [-0.15, -0.1) is 0 Å². The van der Waals surface area contributed by atoms with Gasteiger partial charge in [-0.05, 0) is 36.2 Å². The maximum atomic E-state index is 12.3. The van der Waals surface area contributed by atoms with Crippen molar-refractivity contribution >= 4 is 46.7 Å². The van der Waals surface area contributed by atoms with Crippen molar-refractivity contribution in [3.8, 4) is 5.75 Å². The number of halogens is 3. The molecule has 2 rings (SSSR count). The van der Waals surface area contributed by atoms with Gasteiger partial charge in [0.05, 0.1) is 27.8 Å². The van der Waals surface area contributed by atoms with Crippen LogP contribution in [0.4, 0.5) is 0 Å². The van der Waals surface area contributed by atoms with E-state index in [1.807, 2.05) is 13.8 Å². The lowest BCUT2D eigenvalue weighted by Crippen LogP contribution is -2.13. The summed E-state index contributed by atoms with van der Waals surface area (Å²) in [5.41, 5.74) is 0.421. The monoisotopic (exact) mass is 400 g/mol. The summed E-state index contributed by atoms with van der Waals surface area (Å²) >= 11 is 17.8. The molecule has 0 atom stereocenters. The third kappa shape index (κ3) is 5.36. The molecule has 0 amide bonds. The molecule has 7 heteroatoms. The molecular weight excluding hydrogens is 387 g/mol. The number of carbonyl (C=O) groups is 2. The minimum Gasteiger partial charge on any atom is -0.462 e. The summed E-state index contributed by atoms with van der Waals surface area (Å²) < 4.78 is 10.4. The van der Waals surface area contributed by atoms with Gasteiger partial charge in [0.15, 0.2) is 5.75 Å². The first-order valence-corrected chi connectivity index (χ1v) is 8.55. The summed E-state index contributed by atoms with van der Waals surface area (Å²) in [6.45, 7) is 4.16. The normalized spacial score (nSPS) is 10.6. The highest BCUT2D eigenvalue weighted by molar-refractivity contribution is 6.40. The zero-order valence-electron chi connectivity index (χ0n) is 13.5. The Morgan fingerprint density at radius 1 is 0.960 bits per heavy atom. The molecular formula is C18H15Cl3O4. The van der Waals surface area contributed by atoms with Gasteiger partial charge in [-0.2, -0.15) is 0 Å². The maximum Gasteiger partial charge on any atom is 0.343 e. The Bertz CT molecular complexity index is 780. The third-order valence-electron chi connectivity index (χ3n) is 3.04. The Morgan fingerprint density at radius 3 is 2.08 bits per heavy atom. The van der Waals surface area contributed by atoms with Crippen LogP contribution < -0.4 is 4.74 Å². The molecule has 0 spiro atoms. The second-order valence-electron chi connectivity index (χ2n) is 5.66. The summed E-state index contributed by atoms with van der Waals surface area (Å²) in [6.07, 6.45) is 0. The number of rotatable bonds is 5. The molecule has 0 N–H and O–H groups in total. The minimum atomic E-state index is -0.704. The Labute approximate surface area is 160 Å². The van der Waals surface area contributed by atoms with Gasteiger partial charge in [-0.25, -0.2) is 9.59 Å². The Hall–Kier alpha value is -1.75. The molecule has 2 aromatic carbocycles. The van der Waals surface area contributed by atoms with Crippen LogP contribution in [0.5, 0.6) is 5.75 Å². The topological polar surface area (TPSA) is 52.6 Å². The highest BCUT2D eigenvalue weighted by atomic mass is 35.5. The Kier molecular flexibility index (Phi) is 6.71. The molecule has 0 aliphatic heterocycles. The van der Waals surface area contributed by atoms with E-state index < -0.39 is 11.9 Å². The van der Waals surface area contributed by atoms with E-state index in [4.69, 9.17) is 44.3 Å². The van der Waals surface area contributed by atoms with Gasteiger partial charge in [0.25, 0.3) is 0 Å². The van der Waals surface area contributed by atoms with Crippen LogP contribution in [0.15, 0.2) is 36.4 Å². The molecule has 0 saturated carbocycles. The number of benzene rings is 2. The molecule has 4 nitrogen and oxygen atoms in total. The molecule has 2 aromatic rings. The maximum absolute atomic E-state index is 12.3. The fourth-order valence-electron chi connectivity index (χ4n) is 1.88. The highest BCUT2D eigenvalue weighted by Gasteiger charge is 2.17. The van der Waals surface area contributed by atoms with Gasteiger partial charge in [-0.3, -0.25) is 0 Å². The standard InChI is InChI=1S/C18H15Cl3O4/c1-10(2)9-24-17(22)11-4-3-5-12(6-11)18(23)25-16-14(20)7-13(19)8-15(16)21/h3-8,10H,9H2,1-2H3. The van der Waals surface area contributed by atoms with Gasteiger partial charge < -0.3 is 9.47 Å². The van der Waals surface area contributed by atoms with Crippen LogP contribution in [0, 0.1) is 5.92 Å². The van der Waals surface area contributed by atoms with Crippen molar-refractivity contribution < 1.29 is 19.1 Å². The summed E-state index contributed by atoms with van der Waals surface area (Å²) in [4.78, 5) is 24.3. The SMILES string of the molecule is CC(C)COC(=O)c1cccc(C(=O)Oc2c(Cl)cc(Cl)cc2Cl)c1.